The largest absolute Gasteiger partial charge is 0.444 e. The van der Waals surface area contributed by atoms with Crippen LogP contribution in [-0.4, -0.2) is 22.7 Å². The zero-order valence-corrected chi connectivity index (χ0v) is 12.2. The van der Waals surface area contributed by atoms with Crippen LogP contribution in [0.5, 0.6) is 0 Å². The molecule has 1 unspecified atom stereocenters. The molecule has 1 fully saturated rings. The Hall–Kier alpha value is -1.56. The van der Waals surface area contributed by atoms with Crippen LogP contribution < -0.4 is 0 Å². The van der Waals surface area contributed by atoms with Crippen molar-refractivity contribution in [2.75, 3.05) is 0 Å². The molecule has 0 N–H and O–H groups in total. The van der Waals surface area contributed by atoms with Gasteiger partial charge in [0.15, 0.2) is 0 Å². The molecule has 1 aromatic heterocycles. The molecule has 1 aliphatic heterocycles. The summed E-state index contributed by atoms with van der Waals surface area (Å²) in [6.07, 6.45) is -0.464. The van der Waals surface area contributed by atoms with Gasteiger partial charge in [0.05, 0.1) is 6.42 Å². The van der Waals surface area contributed by atoms with E-state index in [1.54, 1.807) is 32.1 Å². The van der Waals surface area contributed by atoms with Gasteiger partial charge in [-0.3, -0.25) is 0 Å². The van der Waals surface area contributed by atoms with Crippen molar-refractivity contribution in [1.82, 2.24) is 5.06 Å². The number of aryl methyl sites for hydroxylation is 1. The number of rotatable bonds is 1. The van der Waals surface area contributed by atoms with Crippen LogP contribution in [0.1, 0.15) is 43.0 Å². The van der Waals surface area contributed by atoms with Crippen LogP contribution in [0.2, 0.25) is 0 Å². The molecule has 0 aliphatic carbocycles. The molecule has 1 aliphatic rings. The summed E-state index contributed by atoms with van der Waals surface area (Å²) in [7, 11) is 0. The van der Waals surface area contributed by atoms with Crippen LogP contribution in [0.3, 0.4) is 0 Å². The lowest BCUT2D eigenvalue weighted by Crippen LogP contribution is -2.35. The minimum Gasteiger partial charge on any atom is -0.442 e. The highest BCUT2D eigenvalue weighted by Gasteiger charge is 2.40. The monoisotopic (exact) mass is 283 g/mol. The van der Waals surface area contributed by atoms with Gasteiger partial charge in [0.25, 0.3) is 0 Å². The second-order valence-corrected chi connectivity index (χ2v) is 6.76. The molecule has 2 heterocycles. The van der Waals surface area contributed by atoms with Gasteiger partial charge in [-0.2, -0.15) is 0 Å². The molecule has 2 rings (SSSR count). The van der Waals surface area contributed by atoms with Gasteiger partial charge < -0.3 is 9.57 Å². The van der Waals surface area contributed by atoms with Crippen molar-refractivity contribution >= 4 is 23.4 Å². The zero-order valence-electron chi connectivity index (χ0n) is 11.4. The summed E-state index contributed by atoms with van der Waals surface area (Å²) in [4.78, 5) is 30.5. The van der Waals surface area contributed by atoms with Crippen molar-refractivity contribution in [1.29, 1.82) is 0 Å². The van der Waals surface area contributed by atoms with E-state index in [1.807, 2.05) is 19.1 Å². The summed E-state index contributed by atoms with van der Waals surface area (Å²) in [6, 6.07) is 3.47. The Morgan fingerprint density at radius 3 is 2.68 bits per heavy atom. The lowest BCUT2D eigenvalue weighted by molar-refractivity contribution is -0.170. The van der Waals surface area contributed by atoms with Crippen molar-refractivity contribution in [2.24, 2.45) is 0 Å². The quantitative estimate of drug-likeness (QED) is 0.794. The third kappa shape index (κ3) is 3.26. The fourth-order valence-electron chi connectivity index (χ4n) is 1.77. The Bertz CT molecular complexity index is 503. The first kappa shape index (κ1) is 13.9. The van der Waals surface area contributed by atoms with E-state index in [4.69, 9.17) is 9.57 Å². The van der Waals surface area contributed by atoms with Crippen LogP contribution in [-0.2, 0) is 14.4 Å². The molecule has 104 valence electrons. The molecule has 6 heteroatoms. The number of nitrogens with zero attached hydrogens (tertiary/aromatic N) is 1. The molecular formula is C13H17NO4S. The van der Waals surface area contributed by atoms with E-state index in [0.29, 0.717) is 0 Å². The number of carbonyl (C=O) groups is 2. The minimum atomic E-state index is -0.630. The molecule has 5 nitrogen and oxygen atoms in total. The minimum absolute atomic E-state index is 0.166. The van der Waals surface area contributed by atoms with Crippen molar-refractivity contribution in [3.8, 4) is 0 Å². The average molecular weight is 283 g/mol. The van der Waals surface area contributed by atoms with Gasteiger partial charge in [-0.05, 0) is 39.8 Å². The molecule has 1 atom stereocenters. The molecule has 0 spiro atoms. The first-order valence-corrected chi connectivity index (χ1v) is 6.87. The standard InChI is InChI=1S/C13H17NO4S/c1-8-5-6-10(19-8)9-7-11(15)18-14(9)12(16)17-13(2,3)4/h5-6,9H,7H2,1-4H3. The number of thiophene rings is 1. The van der Waals surface area contributed by atoms with E-state index in [9.17, 15) is 9.59 Å². The van der Waals surface area contributed by atoms with Gasteiger partial charge in [0.2, 0.25) is 0 Å². The van der Waals surface area contributed by atoms with E-state index >= 15 is 0 Å². The van der Waals surface area contributed by atoms with Crippen LogP contribution >= 0.6 is 11.3 Å². The number of hydroxylamine groups is 2. The van der Waals surface area contributed by atoms with E-state index in [-0.39, 0.29) is 12.5 Å². The van der Waals surface area contributed by atoms with Crippen molar-refractivity contribution in [3.05, 3.63) is 21.9 Å². The molecule has 1 saturated heterocycles. The van der Waals surface area contributed by atoms with Gasteiger partial charge in [0, 0.05) is 9.75 Å². The molecule has 1 amide bonds. The molecule has 0 bridgehead atoms. The highest BCUT2D eigenvalue weighted by Crippen LogP contribution is 2.36. The smallest absolute Gasteiger partial charge is 0.442 e. The third-order valence-corrected chi connectivity index (χ3v) is 3.61. The number of amides is 1. The van der Waals surface area contributed by atoms with Crippen molar-refractivity contribution in [3.63, 3.8) is 0 Å². The normalized spacial score (nSPS) is 19.5. The lowest BCUT2D eigenvalue weighted by atomic mass is 10.2. The maximum Gasteiger partial charge on any atom is 0.444 e. The van der Waals surface area contributed by atoms with Gasteiger partial charge in [-0.25, -0.2) is 9.59 Å². The van der Waals surface area contributed by atoms with Gasteiger partial charge in [-0.1, -0.05) is 0 Å². The van der Waals surface area contributed by atoms with Gasteiger partial charge in [-0.15, -0.1) is 16.4 Å². The Balaban J connectivity index is 2.18. The highest BCUT2D eigenvalue weighted by molar-refractivity contribution is 7.12. The van der Waals surface area contributed by atoms with Gasteiger partial charge >= 0.3 is 12.1 Å². The van der Waals surface area contributed by atoms with E-state index in [2.05, 4.69) is 0 Å². The fourth-order valence-corrected chi connectivity index (χ4v) is 2.73. The highest BCUT2D eigenvalue weighted by atomic mass is 32.1. The van der Waals surface area contributed by atoms with E-state index in [0.717, 1.165) is 14.8 Å². The Labute approximate surface area is 116 Å². The Morgan fingerprint density at radius 1 is 1.47 bits per heavy atom. The van der Waals surface area contributed by atoms with Crippen LogP contribution in [0.15, 0.2) is 12.1 Å². The zero-order chi connectivity index (χ0) is 14.2. The molecule has 0 radical (unpaired) electrons. The first-order valence-electron chi connectivity index (χ1n) is 6.05. The van der Waals surface area contributed by atoms with Crippen LogP contribution in [0.4, 0.5) is 4.79 Å². The summed E-state index contributed by atoms with van der Waals surface area (Å²) in [5, 5.41) is 1.04. The summed E-state index contributed by atoms with van der Waals surface area (Å²) in [5.41, 5.74) is -0.623. The number of hydrogen-bond acceptors (Lipinski definition) is 5. The Kier molecular flexibility index (Phi) is 3.54. The molecule has 1 aromatic rings. The van der Waals surface area contributed by atoms with E-state index in [1.165, 1.54) is 0 Å². The van der Waals surface area contributed by atoms with Gasteiger partial charge in [0.1, 0.15) is 11.6 Å². The predicted octanol–water partition coefficient (Wildman–Crippen LogP) is 3.20. The van der Waals surface area contributed by atoms with E-state index < -0.39 is 17.7 Å². The lowest BCUT2D eigenvalue weighted by Gasteiger charge is -2.25. The maximum atomic E-state index is 12.0. The number of ether oxygens (including phenoxy) is 1. The molecule has 19 heavy (non-hydrogen) atoms. The molecular weight excluding hydrogens is 266 g/mol. The fraction of sp³-hybridized carbons (Fsp3) is 0.538. The average Bonchev–Trinajstić information content (AvgIpc) is 2.81. The summed E-state index contributed by atoms with van der Waals surface area (Å²) >= 11 is 1.54. The van der Waals surface area contributed by atoms with Crippen LogP contribution in [0, 0.1) is 6.92 Å². The first-order chi connectivity index (χ1) is 8.76. The maximum absolute atomic E-state index is 12.0. The molecule has 0 aromatic carbocycles. The van der Waals surface area contributed by atoms with Crippen LogP contribution in [0.25, 0.3) is 0 Å². The second-order valence-electron chi connectivity index (χ2n) is 5.44. The topological polar surface area (TPSA) is 55.8 Å². The van der Waals surface area contributed by atoms with Crippen molar-refractivity contribution in [2.45, 2.75) is 45.8 Å². The third-order valence-electron chi connectivity index (χ3n) is 2.51. The second kappa shape index (κ2) is 4.85. The SMILES string of the molecule is Cc1ccc(C2CC(=O)ON2C(=O)OC(C)(C)C)s1. The summed E-state index contributed by atoms with van der Waals surface area (Å²) < 4.78 is 5.24. The number of hydrogen-bond donors (Lipinski definition) is 0. The Morgan fingerprint density at radius 2 is 2.16 bits per heavy atom. The van der Waals surface area contributed by atoms with Crippen molar-refractivity contribution < 1.29 is 19.2 Å². The summed E-state index contributed by atoms with van der Waals surface area (Å²) in [6.45, 7) is 7.29. The summed E-state index contributed by atoms with van der Waals surface area (Å²) in [5.74, 6) is -0.415. The number of carbonyl (C=O) groups excluding carboxylic acids is 2. The molecule has 0 saturated carbocycles. The predicted molar refractivity (Wildman–Crippen MR) is 70.6 cm³/mol.